The molecule has 2 aromatic heterocycles. The molecule has 0 spiro atoms. The Morgan fingerprint density at radius 3 is 2.75 bits per heavy atom. The van der Waals surface area contributed by atoms with E-state index in [1.54, 1.807) is 0 Å². The summed E-state index contributed by atoms with van der Waals surface area (Å²) in [6.07, 6.45) is 6.15. The Morgan fingerprint density at radius 2 is 2.00 bits per heavy atom. The van der Waals surface area contributed by atoms with Gasteiger partial charge in [-0.15, -0.1) is 0 Å². The molecule has 0 atom stereocenters. The molecule has 1 aliphatic carbocycles. The summed E-state index contributed by atoms with van der Waals surface area (Å²) < 4.78 is 7.38. The molecule has 0 radical (unpaired) electrons. The van der Waals surface area contributed by atoms with Crippen molar-refractivity contribution in [3.8, 4) is 0 Å². The van der Waals surface area contributed by atoms with Gasteiger partial charge in [-0.25, -0.2) is 4.68 Å². The molecule has 1 saturated carbocycles. The molecule has 0 aromatic carbocycles. The zero-order valence-electron chi connectivity index (χ0n) is 11.0. The summed E-state index contributed by atoms with van der Waals surface area (Å²) in [7, 11) is 0. The maximum absolute atomic E-state index is 6.07. The molecule has 106 valence electrons. The van der Waals surface area contributed by atoms with Gasteiger partial charge < -0.3 is 10.1 Å². The summed E-state index contributed by atoms with van der Waals surface area (Å²) in [5.74, 6) is 0.806. The van der Waals surface area contributed by atoms with Crippen LogP contribution in [0.25, 0.3) is 11.0 Å². The molecule has 3 heterocycles. The Labute approximate surface area is 121 Å². The largest absolute Gasteiger partial charge is 0.381 e. The van der Waals surface area contributed by atoms with E-state index in [2.05, 4.69) is 20.4 Å². The molecular formula is C13H16ClN5O. The summed E-state index contributed by atoms with van der Waals surface area (Å²) in [4.78, 5) is 8.68. The van der Waals surface area contributed by atoms with E-state index in [1.807, 2.05) is 10.9 Å². The van der Waals surface area contributed by atoms with Crippen molar-refractivity contribution in [2.75, 3.05) is 18.5 Å². The van der Waals surface area contributed by atoms with Crippen LogP contribution in [-0.4, -0.2) is 39.0 Å². The quantitative estimate of drug-likeness (QED) is 0.880. The van der Waals surface area contributed by atoms with Crippen molar-refractivity contribution < 1.29 is 4.74 Å². The van der Waals surface area contributed by atoms with Gasteiger partial charge in [0.1, 0.15) is 5.82 Å². The van der Waals surface area contributed by atoms with Crippen LogP contribution in [0.1, 0.15) is 31.7 Å². The Balaban J connectivity index is 1.76. The van der Waals surface area contributed by atoms with Crippen LogP contribution in [-0.2, 0) is 4.74 Å². The average molecular weight is 294 g/mol. The lowest BCUT2D eigenvalue weighted by Crippen LogP contribution is -2.20. The Kier molecular flexibility index (Phi) is 3.00. The first-order valence-corrected chi connectivity index (χ1v) is 7.44. The SMILES string of the molecule is Clc1nc(NC2CC2)c2cnn(C3CCOCC3)c2n1. The van der Waals surface area contributed by atoms with Crippen molar-refractivity contribution in [3.05, 3.63) is 11.5 Å². The fourth-order valence-electron chi connectivity index (χ4n) is 2.63. The molecular weight excluding hydrogens is 278 g/mol. The van der Waals surface area contributed by atoms with Crippen molar-refractivity contribution in [3.63, 3.8) is 0 Å². The van der Waals surface area contributed by atoms with Crippen LogP contribution >= 0.6 is 11.6 Å². The zero-order chi connectivity index (χ0) is 13.5. The van der Waals surface area contributed by atoms with Crippen LogP contribution in [0.15, 0.2) is 6.20 Å². The molecule has 1 saturated heterocycles. The molecule has 7 heteroatoms. The predicted molar refractivity (Wildman–Crippen MR) is 76.1 cm³/mol. The molecule has 20 heavy (non-hydrogen) atoms. The van der Waals surface area contributed by atoms with Gasteiger partial charge >= 0.3 is 0 Å². The summed E-state index contributed by atoms with van der Waals surface area (Å²) in [6.45, 7) is 1.55. The fraction of sp³-hybridized carbons (Fsp3) is 0.615. The minimum absolute atomic E-state index is 0.273. The Bertz CT molecular complexity index is 633. The van der Waals surface area contributed by atoms with Gasteiger partial charge in [-0.3, -0.25) is 0 Å². The highest BCUT2D eigenvalue weighted by Crippen LogP contribution is 2.31. The van der Waals surface area contributed by atoms with Gasteiger partial charge in [-0.2, -0.15) is 15.1 Å². The van der Waals surface area contributed by atoms with Crippen molar-refractivity contribution in [2.45, 2.75) is 37.8 Å². The van der Waals surface area contributed by atoms with Crippen molar-refractivity contribution >= 4 is 28.5 Å². The van der Waals surface area contributed by atoms with Crippen LogP contribution < -0.4 is 5.32 Å². The molecule has 0 bridgehead atoms. The second-order valence-electron chi connectivity index (χ2n) is 5.43. The molecule has 6 nitrogen and oxygen atoms in total. The lowest BCUT2D eigenvalue weighted by atomic mass is 10.1. The van der Waals surface area contributed by atoms with Gasteiger partial charge in [0.25, 0.3) is 0 Å². The molecule has 0 amide bonds. The number of nitrogens with zero attached hydrogens (tertiary/aromatic N) is 4. The van der Waals surface area contributed by atoms with Crippen LogP contribution in [0, 0.1) is 0 Å². The van der Waals surface area contributed by atoms with E-state index in [0.29, 0.717) is 12.1 Å². The molecule has 4 rings (SSSR count). The third-order valence-electron chi connectivity index (χ3n) is 3.88. The third kappa shape index (κ3) is 2.23. The zero-order valence-corrected chi connectivity index (χ0v) is 11.8. The second kappa shape index (κ2) is 4.86. The van der Waals surface area contributed by atoms with Crippen LogP contribution in [0.2, 0.25) is 5.28 Å². The topological polar surface area (TPSA) is 64.9 Å². The summed E-state index contributed by atoms with van der Waals surface area (Å²) >= 11 is 6.07. The number of aromatic nitrogens is 4. The second-order valence-corrected chi connectivity index (χ2v) is 5.77. The smallest absolute Gasteiger partial charge is 0.226 e. The summed E-state index contributed by atoms with van der Waals surface area (Å²) in [6, 6.07) is 0.858. The number of hydrogen-bond acceptors (Lipinski definition) is 5. The molecule has 2 aliphatic rings. The summed E-state index contributed by atoms with van der Waals surface area (Å²) in [5.41, 5.74) is 0.819. The predicted octanol–water partition coefficient (Wildman–Crippen LogP) is 2.41. The maximum atomic E-state index is 6.07. The number of anilines is 1. The van der Waals surface area contributed by atoms with Crippen LogP contribution in [0.4, 0.5) is 5.82 Å². The van der Waals surface area contributed by atoms with E-state index in [-0.39, 0.29) is 5.28 Å². The van der Waals surface area contributed by atoms with Crippen molar-refractivity contribution in [1.82, 2.24) is 19.7 Å². The highest BCUT2D eigenvalue weighted by atomic mass is 35.5. The number of fused-ring (bicyclic) bond motifs is 1. The monoisotopic (exact) mass is 293 g/mol. The normalized spacial score (nSPS) is 20.4. The van der Waals surface area contributed by atoms with E-state index in [9.17, 15) is 0 Å². The lowest BCUT2D eigenvalue weighted by Gasteiger charge is -2.22. The van der Waals surface area contributed by atoms with Crippen LogP contribution in [0.3, 0.4) is 0 Å². The van der Waals surface area contributed by atoms with Gasteiger partial charge in [0.15, 0.2) is 5.65 Å². The number of ether oxygens (including phenoxy) is 1. The number of hydrogen-bond donors (Lipinski definition) is 1. The van der Waals surface area contributed by atoms with Gasteiger partial charge in [0.05, 0.1) is 17.6 Å². The minimum atomic E-state index is 0.273. The molecule has 2 aromatic rings. The van der Waals surface area contributed by atoms with Crippen molar-refractivity contribution in [2.24, 2.45) is 0 Å². The Morgan fingerprint density at radius 1 is 1.20 bits per heavy atom. The molecule has 1 N–H and O–H groups in total. The number of rotatable bonds is 3. The number of halogens is 1. The van der Waals surface area contributed by atoms with E-state index in [4.69, 9.17) is 16.3 Å². The lowest BCUT2D eigenvalue weighted by molar-refractivity contribution is 0.0673. The standard InChI is InChI=1S/C13H16ClN5O/c14-13-17-11(16-8-1-2-8)10-7-15-19(12(10)18-13)9-3-5-20-6-4-9/h7-9H,1-6H2,(H,16,17,18). The average Bonchev–Trinajstić information content (AvgIpc) is 3.17. The Hall–Kier alpha value is -1.40. The van der Waals surface area contributed by atoms with E-state index in [1.165, 1.54) is 12.8 Å². The van der Waals surface area contributed by atoms with E-state index < -0.39 is 0 Å². The number of nitrogens with one attached hydrogen (secondary N) is 1. The first kappa shape index (κ1) is 12.3. The fourth-order valence-corrected chi connectivity index (χ4v) is 2.79. The summed E-state index contributed by atoms with van der Waals surface area (Å²) in [5, 5.41) is 9.14. The third-order valence-corrected chi connectivity index (χ3v) is 4.05. The van der Waals surface area contributed by atoms with Gasteiger partial charge in [0, 0.05) is 19.3 Å². The van der Waals surface area contributed by atoms with E-state index >= 15 is 0 Å². The minimum Gasteiger partial charge on any atom is -0.381 e. The first-order chi connectivity index (χ1) is 9.81. The molecule has 2 fully saturated rings. The highest BCUT2D eigenvalue weighted by molar-refractivity contribution is 6.28. The maximum Gasteiger partial charge on any atom is 0.226 e. The van der Waals surface area contributed by atoms with Gasteiger partial charge in [-0.1, -0.05) is 0 Å². The van der Waals surface area contributed by atoms with E-state index in [0.717, 1.165) is 42.9 Å². The molecule has 1 aliphatic heterocycles. The van der Waals surface area contributed by atoms with Gasteiger partial charge in [-0.05, 0) is 37.3 Å². The van der Waals surface area contributed by atoms with Crippen molar-refractivity contribution in [1.29, 1.82) is 0 Å². The van der Waals surface area contributed by atoms with Crippen LogP contribution in [0.5, 0.6) is 0 Å². The highest BCUT2D eigenvalue weighted by Gasteiger charge is 2.25. The first-order valence-electron chi connectivity index (χ1n) is 7.06. The molecule has 0 unspecified atom stereocenters. The van der Waals surface area contributed by atoms with Gasteiger partial charge in [0.2, 0.25) is 5.28 Å².